The Balaban J connectivity index is 4.44. The van der Waals surface area contributed by atoms with Crippen molar-refractivity contribution in [2.24, 2.45) is 0 Å². The van der Waals surface area contributed by atoms with E-state index >= 15 is 0 Å². The van der Waals surface area contributed by atoms with Crippen LogP contribution in [0.3, 0.4) is 0 Å². The standard InChI is InChI=1S/C55H94O6/c1-4-7-10-13-16-19-22-24-26-27-29-30-33-36-39-42-45-48-54(57)60-51-52(50-59-53(56)47-44-41-38-35-32-21-18-15-12-9-6-3)61-55(58)49-46-43-40-37-34-31-28-25-23-20-17-14-11-8-5-2/h15-20,24-26,28-30,52H,4-14,21-23,27,31-51H2,1-3H3/b18-15-,19-16-,20-17-,26-24-,28-25-,30-29-/t52-/m0/s1. The van der Waals surface area contributed by atoms with Crippen molar-refractivity contribution in [2.75, 3.05) is 13.2 Å². The highest BCUT2D eigenvalue weighted by atomic mass is 16.6. The van der Waals surface area contributed by atoms with E-state index in [1.54, 1.807) is 0 Å². The van der Waals surface area contributed by atoms with Gasteiger partial charge in [-0.15, -0.1) is 0 Å². The van der Waals surface area contributed by atoms with Gasteiger partial charge in [0.05, 0.1) is 0 Å². The second-order valence-electron chi connectivity index (χ2n) is 16.7. The van der Waals surface area contributed by atoms with Gasteiger partial charge in [-0.1, -0.05) is 184 Å². The molecule has 0 aromatic heterocycles. The first kappa shape index (κ1) is 57.9. The molecule has 0 bridgehead atoms. The van der Waals surface area contributed by atoms with Crippen molar-refractivity contribution in [1.82, 2.24) is 0 Å². The molecule has 0 aliphatic rings. The molecule has 0 spiro atoms. The number of unbranched alkanes of at least 4 members (excludes halogenated alkanes) is 22. The van der Waals surface area contributed by atoms with E-state index in [1.807, 2.05) is 0 Å². The van der Waals surface area contributed by atoms with Crippen LogP contribution < -0.4 is 0 Å². The minimum absolute atomic E-state index is 0.0934. The molecule has 61 heavy (non-hydrogen) atoms. The third-order valence-corrected chi connectivity index (χ3v) is 10.7. The molecule has 350 valence electrons. The Bertz CT molecular complexity index is 1160. The Kier molecular flexibility index (Phi) is 46.9. The highest BCUT2D eigenvalue weighted by Gasteiger charge is 2.19. The summed E-state index contributed by atoms with van der Waals surface area (Å²) in [5.41, 5.74) is 0. The number of allylic oxidation sites excluding steroid dienone is 12. The third kappa shape index (κ3) is 47.7. The van der Waals surface area contributed by atoms with Crippen molar-refractivity contribution in [2.45, 2.75) is 245 Å². The van der Waals surface area contributed by atoms with E-state index in [0.717, 1.165) is 116 Å². The number of carbonyl (C=O) groups is 3. The highest BCUT2D eigenvalue weighted by molar-refractivity contribution is 5.71. The van der Waals surface area contributed by atoms with Crippen LogP contribution in [0, 0.1) is 0 Å². The summed E-state index contributed by atoms with van der Waals surface area (Å²) in [6.45, 7) is 6.50. The molecule has 1 atom stereocenters. The Labute approximate surface area is 376 Å². The van der Waals surface area contributed by atoms with Crippen LogP contribution in [0.25, 0.3) is 0 Å². The van der Waals surface area contributed by atoms with Crippen molar-refractivity contribution >= 4 is 17.9 Å². The largest absolute Gasteiger partial charge is 0.462 e. The van der Waals surface area contributed by atoms with Crippen LogP contribution in [0.15, 0.2) is 72.9 Å². The highest BCUT2D eigenvalue weighted by Crippen LogP contribution is 2.13. The molecule has 0 aromatic rings. The fraction of sp³-hybridized carbons (Fsp3) is 0.727. The summed E-state index contributed by atoms with van der Waals surface area (Å²) in [7, 11) is 0. The van der Waals surface area contributed by atoms with Crippen molar-refractivity contribution in [3.63, 3.8) is 0 Å². The SMILES string of the molecule is CCCC/C=C\CCCCCCCC(=O)OC[C@@H](COC(=O)CCCCCC/C=C\C/C=C\C/C=C\CCCCC)OC(=O)CCCCCCC/C=C\C/C=C\CCCCC. The molecule has 6 nitrogen and oxygen atoms in total. The molecule has 0 saturated carbocycles. The summed E-state index contributed by atoms with van der Waals surface area (Å²) >= 11 is 0. The van der Waals surface area contributed by atoms with E-state index in [1.165, 1.54) is 83.5 Å². The van der Waals surface area contributed by atoms with Gasteiger partial charge in [-0.3, -0.25) is 14.4 Å². The molecular weight excluding hydrogens is 757 g/mol. The molecular formula is C55H94O6. The summed E-state index contributed by atoms with van der Waals surface area (Å²) in [6.07, 6.45) is 61.6. The lowest BCUT2D eigenvalue weighted by atomic mass is 10.1. The first-order valence-corrected chi connectivity index (χ1v) is 25.4. The van der Waals surface area contributed by atoms with Gasteiger partial charge in [0.1, 0.15) is 13.2 Å². The van der Waals surface area contributed by atoms with E-state index in [2.05, 4.69) is 93.7 Å². The van der Waals surface area contributed by atoms with Crippen LogP contribution in [-0.2, 0) is 28.6 Å². The predicted octanol–water partition coefficient (Wildman–Crippen LogP) is 16.6. The zero-order valence-corrected chi connectivity index (χ0v) is 39.9. The van der Waals surface area contributed by atoms with E-state index in [4.69, 9.17) is 14.2 Å². The Morgan fingerprint density at radius 2 is 0.607 bits per heavy atom. The molecule has 0 unspecified atom stereocenters. The molecule has 0 aliphatic carbocycles. The number of rotatable bonds is 45. The fourth-order valence-electron chi connectivity index (χ4n) is 6.75. The second-order valence-corrected chi connectivity index (χ2v) is 16.7. The molecule has 0 aromatic carbocycles. The summed E-state index contributed by atoms with van der Waals surface area (Å²) in [5.74, 6) is -0.939. The first-order valence-electron chi connectivity index (χ1n) is 25.4. The average molecular weight is 851 g/mol. The smallest absolute Gasteiger partial charge is 0.306 e. The lowest BCUT2D eigenvalue weighted by Crippen LogP contribution is -2.30. The molecule has 0 amide bonds. The number of hydrogen-bond acceptors (Lipinski definition) is 6. The molecule has 0 N–H and O–H groups in total. The number of ether oxygens (including phenoxy) is 3. The first-order chi connectivity index (χ1) is 30.0. The van der Waals surface area contributed by atoms with E-state index < -0.39 is 6.10 Å². The van der Waals surface area contributed by atoms with Crippen molar-refractivity contribution < 1.29 is 28.6 Å². The molecule has 0 heterocycles. The fourth-order valence-corrected chi connectivity index (χ4v) is 6.75. The Morgan fingerprint density at radius 3 is 0.984 bits per heavy atom. The summed E-state index contributed by atoms with van der Waals surface area (Å²) in [4.78, 5) is 37.9. The predicted molar refractivity (Wildman–Crippen MR) is 261 cm³/mol. The van der Waals surface area contributed by atoms with Crippen molar-refractivity contribution in [3.8, 4) is 0 Å². The van der Waals surface area contributed by atoms with Crippen LogP contribution in [0.2, 0.25) is 0 Å². The van der Waals surface area contributed by atoms with Crippen LogP contribution in [0.5, 0.6) is 0 Å². The monoisotopic (exact) mass is 851 g/mol. The van der Waals surface area contributed by atoms with Gasteiger partial charge < -0.3 is 14.2 Å². The Morgan fingerprint density at radius 1 is 0.328 bits per heavy atom. The van der Waals surface area contributed by atoms with E-state index in [0.29, 0.717) is 19.3 Å². The van der Waals surface area contributed by atoms with E-state index in [9.17, 15) is 14.4 Å². The van der Waals surface area contributed by atoms with Gasteiger partial charge in [0.2, 0.25) is 0 Å². The normalized spacial score (nSPS) is 12.6. The molecule has 0 fully saturated rings. The minimum Gasteiger partial charge on any atom is -0.462 e. The van der Waals surface area contributed by atoms with Crippen LogP contribution in [0.1, 0.15) is 239 Å². The van der Waals surface area contributed by atoms with Gasteiger partial charge in [0, 0.05) is 19.3 Å². The average Bonchev–Trinajstić information content (AvgIpc) is 3.26. The van der Waals surface area contributed by atoms with Crippen LogP contribution >= 0.6 is 0 Å². The maximum Gasteiger partial charge on any atom is 0.306 e. The van der Waals surface area contributed by atoms with Gasteiger partial charge in [0.25, 0.3) is 0 Å². The Hall–Kier alpha value is -3.15. The van der Waals surface area contributed by atoms with Crippen LogP contribution in [0.4, 0.5) is 0 Å². The van der Waals surface area contributed by atoms with Gasteiger partial charge in [0.15, 0.2) is 6.10 Å². The van der Waals surface area contributed by atoms with Crippen molar-refractivity contribution in [1.29, 1.82) is 0 Å². The quantitative estimate of drug-likeness (QED) is 0.0263. The third-order valence-electron chi connectivity index (χ3n) is 10.7. The zero-order chi connectivity index (χ0) is 44.4. The van der Waals surface area contributed by atoms with Gasteiger partial charge in [-0.05, 0) is 109 Å². The number of esters is 3. The molecule has 6 heteroatoms. The van der Waals surface area contributed by atoms with E-state index in [-0.39, 0.29) is 31.1 Å². The summed E-state index contributed by atoms with van der Waals surface area (Å²) in [5, 5.41) is 0. The topological polar surface area (TPSA) is 78.9 Å². The molecule has 0 aliphatic heterocycles. The van der Waals surface area contributed by atoms with Gasteiger partial charge >= 0.3 is 17.9 Å². The maximum atomic E-state index is 12.8. The zero-order valence-electron chi connectivity index (χ0n) is 39.9. The lowest BCUT2D eigenvalue weighted by molar-refractivity contribution is -0.167. The summed E-state index contributed by atoms with van der Waals surface area (Å²) in [6, 6.07) is 0. The summed E-state index contributed by atoms with van der Waals surface area (Å²) < 4.78 is 16.7. The van der Waals surface area contributed by atoms with Gasteiger partial charge in [-0.2, -0.15) is 0 Å². The molecule has 0 saturated heterocycles. The van der Waals surface area contributed by atoms with Crippen LogP contribution in [-0.4, -0.2) is 37.2 Å². The minimum atomic E-state index is -0.794. The van der Waals surface area contributed by atoms with Gasteiger partial charge in [-0.25, -0.2) is 0 Å². The molecule has 0 radical (unpaired) electrons. The lowest BCUT2D eigenvalue weighted by Gasteiger charge is -2.18. The van der Waals surface area contributed by atoms with Crippen molar-refractivity contribution in [3.05, 3.63) is 72.9 Å². The second kappa shape index (κ2) is 49.5. The molecule has 0 rings (SSSR count). The maximum absolute atomic E-state index is 12.8. The number of carbonyl (C=O) groups excluding carboxylic acids is 3. The number of hydrogen-bond donors (Lipinski definition) is 0.